The first-order chi connectivity index (χ1) is 31.2. The molecule has 0 amide bonds. The lowest BCUT2D eigenvalue weighted by atomic mass is 9.70. The van der Waals surface area contributed by atoms with Crippen molar-refractivity contribution in [3.8, 4) is 33.4 Å². The molecule has 3 heterocycles. The first-order valence-electron chi connectivity index (χ1n) is 21.6. The number of fused-ring (bicyclic) bond motifs is 16. The molecule has 2 aromatic heterocycles. The van der Waals surface area contributed by atoms with Gasteiger partial charge in [0.2, 0.25) is 5.96 Å². The first kappa shape index (κ1) is 34.4. The van der Waals surface area contributed by atoms with Gasteiger partial charge in [0.15, 0.2) is 0 Å². The average Bonchev–Trinajstić information content (AvgIpc) is 4.07. The zero-order valence-corrected chi connectivity index (χ0v) is 34.0. The van der Waals surface area contributed by atoms with E-state index in [2.05, 4.69) is 204 Å². The number of rotatable bonds is 3. The van der Waals surface area contributed by atoms with E-state index in [-0.39, 0.29) is 0 Å². The van der Waals surface area contributed by atoms with Crippen molar-refractivity contribution in [2.24, 2.45) is 9.98 Å². The number of furan rings is 1. The maximum Gasteiger partial charge on any atom is 0.234 e. The Bertz CT molecular complexity index is 3730. The number of hydrogen-bond donors (Lipinski definition) is 1. The third kappa shape index (κ3) is 4.76. The summed E-state index contributed by atoms with van der Waals surface area (Å²) in [6.45, 7) is 0. The monoisotopic (exact) mass is 804 g/mol. The van der Waals surface area contributed by atoms with E-state index in [1.54, 1.807) is 0 Å². The van der Waals surface area contributed by atoms with Crippen LogP contribution in [0, 0.1) is 0 Å². The summed E-state index contributed by atoms with van der Waals surface area (Å²) in [4.78, 5) is 10.9. The first-order valence-corrected chi connectivity index (χ1v) is 21.6. The van der Waals surface area contributed by atoms with E-state index >= 15 is 0 Å². The van der Waals surface area contributed by atoms with Gasteiger partial charge in [0, 0.05) is 32.7 Å². The van der Waals surface area contributed by atoms with Crippen molar-refractivity contribution >= 4 is 55.5 Å². The van der Waals surface area contributed by atoms with Gasteiger partial charge in [-0.15, -0.1) is 0 Å². The summed E-state index contributed by atoms with van der Waals surface area (Å²) in [6.07, 6.45) is -0.444. The number of benzene rings is 9. The highest BCUT2D eigenvalue weighted by Gasteiger charge is 2.51. The summed E-state index contributed by atoms with van der Waals surface area (Å²) < 4.78 is 8.84. The molecule has 1 aliphatic heterocycles. The van der Waals surface area contributed by atoms with E-state index in [4.69, 9.17) is 14.4 Å². The van der Waals surface area contributed by atoms with Gasteiger partial charge >= 0.3 is 0 Å². The van der Waals surface area contributed by atoms with Crippen LogP contribution in [0.2, 0.25) is 0 Å². The lowest BCUT2D eigenvalue weighted by Crippen LogP contribution is -2.35. The molecule has 5 nitrogen and oxygen atoms in total. The molecule has 0 radical (unpaired) electrons. The predicted octanol–water partition coefficient (Wildman–Crippen LogP) is 13.7. The van der Waals surface area contributed by atoms with Gasteiger partial charge in [0.25, 0.3) is 0 Å². The van der Waals surface area contributed by atoms with E-state index in [0.717, 1.165) is 60.9 Å². The van der Waals surface area contributed by atoms with Gasteiger partial charge < -0.3 is 9.73 Å². The number of nitrogens with zero attached hydrogens (tertiary/aromatic N) is 3. The highest BCUT2D eigenvalue weighted by atomic mass is 16.3. The van der Waals surface area contributed by atoms with Crippen LogP contribution in [0.3, 0.4) is 0 Å². The van der Waals surface area contributed by atoms with E-state index < -0.39 is 11.6 Å². The Hall–Kier alpha value is -8.28. The van der Waals surface area contributed by atoms with E-state index in [9.17, 15) is 0 Å². The number of aromatic nitrogens is 1. The number of amidine groups is 1. The molecule has 5 heteroatoms. The zero-order chi connectivity index (χ0) is 41.2. The van der Waals surface area contributed by atoms with Gasteiger partial charge in [0.1, 0.15) is 23.2 Å². The van der Waals surface area contributed by atoms with Crippen molar-refractivity contribution in [2.45, 2.75) is 11.6 Å². The fraction of sp³-hybridized carbons (Fsp3) is 0.0345. The van der Waals surface area contributed by atoms with Crippen LogP contribution in [-0.4, -0.2) is 16.4 Å². The van der Waals surface area contributed by atoms with Crippen molar-refractivity contribution in [3.05, 3.63) is 240 Å². The van der Waals surface area contributed by atoms with Gasteiger partial charge in [-0.1, -0.05) is 170 Å². The molecule has 1 spiro atoms. The van der Waals surface area contributed by atoms with Crippen LogP contribution >= 0.6 is 0 Å². The summed E-state index contributed by atoms with van der Waals surface area (Å²) in [5.41, 5.74) is 18.0. The molecule has 0 bridgehead atoms. The highest BCUT2D eigenvalue weighted by Crippen LogP contribution is 2.63. The molecule has 294 valence electrons. The predicted molar refractivity (Wildman–Crippen MR) is 257 cm³/mol. The Balaban J connectivity index is 0.996. The maximum atomic E-state index is 6.55. The minimum Gasteiger partial charge on any atom is -0.456 e. The Morgan fingerprint density at radius 2 is 1.06 bits per heavy atom. The summed E-state index contributed by atoms with van der Waals surface area (Å²) >= 11 is 0. The van der Waals surface area contributed by atoms with Crippen LogP contribution in [0.25, 0.3) is 77.1 Å². The number of nitrogens with one attached hydrogen (secondary N) is 1. The normalized spacial score (nSPS) is 15.6. The second kappa shape index (κ2) is 12.9. The van der Waals surface area contributed by atoms with Crippen LogP contribution in [0.4, 0.5) is 0 Å². The molecule has 14 rings (SSSR count). The zero-order valence-electron chi connectivity index (χ0n) is 34.0. The summed E-state index contributed by atoms with van der Waals surface area (Å²) in [6, 6.07) is 74.3. The van der Waals surface area contributed by atoms with Crippen molar-refractivity contribution in [3.63, 3.8) is 0 Å². The van der Waals surface area contributed by atoms with Crippen molar-refractivity contribution < 1.29 is 4.42 Å². The molecule has 63 heavy (non-hydrogen) atoms. The average molecular weight is 805 g/mol. The van der Waals surface area contributed by atoms with Gasteiger partial charge in [-0.2, -0.15) is 4.99 Å². The maximum absolute atomic E-state index is 6.55. The molecule has 11 aromatic rings. The lowest BCUT2D eigenvalue weighted by molar-refractivity contribution is 0.652. The molecule has 9 aromatic carbocycles. The number of aliphatic imine (C=N–C) groups is 2. The molecule has 0 saturated carbocycles. The van der Waals surface area contributed by atoms with Crippen LogP contribution in [0.1, 0.15) is 39.5 Å². The van der Waals surface area contributed by atoms with Crippen LogP contribution in [0.15, 0.2) is 221 Å². The van der Waals surface area contributed by atoms with Crippen LogP contribution < -0.4 is 5.32 Å². The minimum absolute atomic E-state index is 0.444. The fourth-order valence-electron chi connectivity index (χ4n) is 11.0. The smallest absolute Gasteiger partial charge is 0.234 e. The Labute approximate surface area is 362 Å². The molecule has 1 unspecified atom stereocenters. The van der Waals surface area contributed by atoms with Crippen molar-refractivity contribution in [2.75, 3.05) is 0 Å². The second-order valence-electron chi connectivity index (χ2n) is 16.9. The Morgan fingerprint density at radius 1 is 0.429 bits per heavy atom. The third-order valence-electron chi connectivity index (χ3n) is 13.7. The van der Waals surface area contributed by atoms with Gasteiger partial charge in [0.05, 0.1) is 16.4 Å². The summed E-state index contributed by atoms with van der Waals surface area (Å²) in [5, 5.41) is 8.22. The molecular weight excluding hydrogens is 769 g/mol. The summed E-state index contributed by atoms with van der Waals surface area (Å²) in [5.74, 6) is 1.38. The number of hydrogen-bond acceptors (Lipinski definition) is 4. The molecule has 1 atom stereocenters. The largest absolute Gasteiger partial charge is 0.456 e. The summed E-state index contributed by atoms with van der Waals surface area (Å²) in [7, 11) is 0. The van der Waals surface area contributed by atoms with E-state index in [1.165, 1.54) is 55.5 Å². The van der Waals surface area contributed by atoms with E-state index in [0.29, 0.717) is 5.96 Å². The van der Waals surface area contributed by atoms with Gasteiger partial charge in [-0.25, -0.2) is 4.99 Å². The fourth-order valence-corrected chi connectivity index (χ4v) is 11.0. The van der Waals surface area contributed by atoms with Crippen LogP contribution in [-0.2, 0) is 5.41 Å². The molecule has 1 N–H and O–H groups in total. The quantitative estimate of drug-likeness (QED) is 0.193. The van der Waals surface area contributed by atoms with Gasteiger partial charge in [-0.3, -0.25) is 4.57 Å². The van der Waals surface area contributed by atoms with E-state index in [1.807, 2.05) is 12.1 Å². The topological polar surface area (TPSA) is 54.8 Å². The molecule has 3 aliphatic rings. The Morgan fingerprint density at radius 3 is 1.79 bits per heavy atom. The third-order valence-corrected chi connectivity index (χ3v) is 13.7. The molecule has 0 fully saturated rings. The Kier molecular flexibility index (Phi) is 7.03. The standard InChI is InChI=1S/C58H36N4O/c1-3-15-35(16-4-1)37-28-30-53-46(31-37)43-29-27-38(32-54(43)63-53)56-59-55(36-17-5-2-6-18-36)60-57(61-56)62-51-26-14-10-22-42(51)45-33-44-41-21-9-13-25-49(41)58(50(44)34-52(45)62)47-23-11-7-19-39(47)40-20-8-12-24-48(40)58/h1-34,56H,(H,59,60,61). The number of para-hydroxylation sites is 1. The van der Waals surface area contributed by atoms with Gasteiger partial charge in [-0.05, 0) is 92.0 Å². The van der Waals surface area contributed by atoms with Crippen LogP contribution in [0.5, 0.6) is 0 Å². The second-order valence-corrected chi connectivity index (χ2v) is 16.9. The van der Waals surface area contributed by atoms with Crippen molar-refractivity contribution in [1.29, 1.82) is 0 Å². The molecule has 0 saturated heterocycles. The van der Waals surface area contributed by atoms with Crippen molar-refractivity contribution in [1.82, 2.24) is 9.88 Å². The molecule has 2 aliphatic carbocycles. The molecular formula is C58H36N4O. The minimum atomic E-state index is -0.477. The lowest BCUT2D eigenvalue weighted by Gasteiger charge is -2.30. The SMILES string of the molecule is c1ccc(C2=NC(n3c4ccccc4c4cc5c(cc43)C3(c4ccccc4-c4ccccc43)c3ccccc3-5)=NC(c3ccc4c(c3)oc3ccc(-c5ccccc5)cc34)N2)cc1. The highest BCUT2D eigenvalue weighted by molar-refractivity contribution is 6.19.